The largest absolute Gasteiger partial charge is 0.326 e. The van der Waals surface area contributed by atoms with Crippen LogP contribution in [0.2, 0.25) is 0 Å². The quantitative estimate of drug-likeness (QED) is 0.860. The molecular weight excluding hydrogens is 274 g/mol. The second-order valence-corrected chi connectivity index (χ2v) is 5.85. The topological polar surface area (TPSA) is 54.0 Å². The van der Waals surface area contributed by atoms with Crippen molar-refractivity contribution < 1.29 is 4.79 Å². The Hall–Kier alpha value is -2.20. The van der Waals surface area contributed by atoms with Crippen molar-refractivity contribution in [1.82, 2.24) is 10.3 Å². The molecule has 1 aliphatic rings. The lowest BCUT2D eigenvalue weighted by atomic mass is 10.1. The molecule has 0 saturated heterocycles. The highest BCUT2D eigenvalue weighted by Crippen LogP contribution is 2.30. The number of benzene rings is 1. The molecule has 1 heterocycles. The maximum Gasteiger partial charge on any atom is 0.227 e. The number of amides is 1. The number of aromatic nitrogens is 1. The van der Waals surface area contributed by atoms with Crippen LogP contribution in [-0.4, -0.2) is 10.9 Å². The average Bonchev–Trinajstić information content (AvgIpc) is 3.39. The first kappa shape index (κ1) is 14.7. The zero-order valence-corrected chi connectivity index (χ0v) is 12.8. The molecule has 1 aliphatic carbocycles. The minimum atomic E-state index is 0.149. The van der Waals surface area contributed by atoms with E-state index >= 15 is 0 Å². The van der Waals surface area contributed by atoms with Crippen LogP contribution in [0.15, 0.2) is 48.8 Å². The molecule has 2 aromatic rings. The molecule has 22 heavy (non-hydrogen) atoms. The fourth-order valence-corrected chi connectivity index (χ4v) is 2.34. The molecule has 1 aromatic heterocycles. The number of anilines is 1. The second kappa shape index (κ2) is 6.71. The molecule has 2 N–H and O–H groups in total. The molecule has 4 nitrogen and oxygen atoms in total. The van der Waals surface area contributed by atoms with Gasteiger partial charge in [-0.2, -0.15) is 0 Å². The Labute approximate surface area is 131 Å². The van der Waals surface area contributed by atoms with Crippen molar-refractivity contribution in [2.75, 3.05) is 5.32 Å². The number of nitrogens with zero attached hydrogens (tertiary/aromatic N) is 1. The van der Waals surface area contributed by atoms with Crippen LogP contribution in [0.1, 0.15) is 36.9 Å². The third kappa shape index (κ3) is 3.92. The monoisotopic (exact) mass is 295 g/mol. The summed E-state index contributed by atoms with van der Waals surface area (Å²) in [5.74, 6) is 0.384. The molecule has 4 heteroatoms. The van der Waals surface area contributed by atoms with Gasteiger partial charge in [0.2, 0.25) is 5.91 Å². The minimum Gasteiger partial charge on any atom is -0.326 e. The number of nitrogens with one attached hydrogen (secondary N) is 2. The SMILES string of the molecule is C[C@H](NCc1cccnc1)c1ccc(NC(=O)C2CC2)cc1. The number of rotatable bonds is 6. The molecule has 1 atom stereocenters. The zero-order chi connectivity index (χ0) is 15.4. The number of carbonyl (C=O) groups excluding carboxylic acids is 1. The fraction of sp³-hybridized carbons (Fsp3) is 0.333. The Morgan fingerprint density at radius 1 is 1.27 bits per heavy atom. The first-order valence-electron chi connectivity index (χ1n) is 7.75. The first-order valence-corrected chi connectivity index (χ1v) is 7.75. The average molecular weight is 295 g/mol. The minimum absolute atomic E-state index is 0.149. The van der Waals surface area contributed by atoms with Crippen molar-refractivity contribution in [2.24, 2.45) is 5.92 Å². The lowest BCUT2D eigenvalue weighted by Gasteiger charge is -2.15. The summed E-state index contributed by atoms with van der Waals surface area (Å²) in [6.07, 6.45) is 5.70. The summed E-state index contributed by atoms with van der Waals surface area (Å²) < 4.78 is 0. The Morgan fingerprint density at radius 3 is 2.68 bits per heavy atom. The number of carbonyl (C=O) groups is 1. The molecule has 1 amide bonds. The van der Waals surface area contributed by atoms with E-state index in [0.29, 0.717) is 0 Å². The Balaban J connectivity index is 1.53. The van der Waals surface area contributed by atoms with Crippen LogP contribution in [0.25, 0.3) is 0 Å². The van der Waals surface area contributed by atoms with Crippen molar-refractivity contribution in [3.8, 4) is 0 Å². The fourth-order valence-electron chi connectivity index (χ4n) is 2.34. The molecule has 3 rings (SSSR count). The molecule has 1 saturated carbocycles. The van der Waals surface area contributed by atoms with Gasteiger partial charge < -0.3 is 10.6 Å². The van der Waals surface area contributed by atoms with Crippen LogP contribution in [-0.2, 0) is 11.3 Å². The summed E-state index contributed by atoms with van der Waals surface area (Å²) in [6.45, 7) is 2.92. The number of pyridine rings is 1. The van der Waals surface area contributed by atoms with E-state index in [2.05, 4.69) is 40.7 Å². The molecule has 0 spiro atoms. The highest BCUT2D eigenvalue weighted by Gasteiger charge is 2.29. The third-order valence-corrected chi connectivity index (χ3v) is 3.96. The van der Waals surface area contributed by atoms with Crippen molar-refractivity contribution in [3.63, 3.8) is 0 Å². The third-order valence-electron chi connectivity index (χ3n) is 3.96. The molecular formula is C18H21N3O. The predicted octanol–water partition coefficient (Wildman–Crippen LogP) is 3.28. The summed E-state index contributed by atoms with van der Waals surface area (Å²) in [5, 5.41) is 6.44. The highest BCUT2D eigenvalue weighted by molar-refractivity contribution is 5.93. The lowest BCUT2D eigenvalue weighted by Crippen LogP contribution is -2.18. The van der Waals surface area contributed by atoms with Crippen LogP contribution in [0.5, 0.6) is 0 Å². The van der Waals surface area contributed by atoms with Gasteiger partial charge in [-0.3, -0.25) is 9.78 Å². The van der Waals surface area contributed by atoms with Gasteiger partial charge in [-0.05, 0) is 49.1 Å². The van der Waals surface area contributed by atoms with Gasteiger partial charge >= 0.3 is 0 Å². The molecule has 0 unspecified atom stereocenters. The van der Waals surface area contributed by atoms with Gasteiger partial charge in [-0.15, -0.1) is 0 Å². The normalized spacial score (nSPS) is 15.3. The first-order chi connectivity index (χ1) is 10.7. The molecule has 0 aliphatic heterocycles. The van der Waals surface area contributed by atoms with E-state index in [4.69, 9.17) is 0 Å². The Bertz CT molecular complexity index is 621. The predicted molar refractivity (Wildman–Crippen MR) is 87.3 cm³/mol. The second-order valence-electron chi connectivity index (χ2n) is 5.85. The molecule has 114 valence electrons. The van der Waals surface area contributed by atoms with Crippen LogP contribution < -0.4 is 10.6 Å². The summed E-state index contributed by atoms with van der Waals surface area (Å²) in [4.78, 5) is 15.8. The van der Waals surface area contributed by atoms with Gasteiger partial charge in [-0.1, -0.05) is 18.2 Å². The van der Waals surface area contributed by atoms with Gasteiger partial charge in [0.25, 0.3) is 0 Å². The molecule has 1 aromatic carbocycles. The lowest BCUT2D eigenvalue weighted by molar-refractivity contribution is -0.117. The Morgan fingerprint density at radius 2 is 2.05 bits per heavy atom. The Kier molecular flexibility index (Phi) is 4.49. The van der Waals surface area contributed by atoms with Crippen molar-refractivity contribution in [3.05, 3.63) is 59.9 Å². The van der Waals surface area contributed by atoms with E-state index in [-0.39, 0.29) is 17.9 Å². The van der Waals surface area contributed by atoms with E-state index in [1.54, 1.807) is 6.20 Å². The summed E-state index contributed by atoms with van der Waals surface area (Å²) >= 11 is 0. The van der Waals surface area contributed by atoms with Crippen LogP contribution in [0.4, 0.5) is 5.69 Å². The molecule has 1 fully saturated rings. The number of hydrogen-bond donors (Lipinski definition) is 2. The van der Waals surface area contributed by atoms with Gasteiger partial charge in [0, 0.05) is 36.6 Å². The van der Waals surface area contributed by atoms with Crippen LogP contribution in [0, 0.1) is 5.92 Å². The van der Waals surface area contributed by atoms with Crippen molar-refractivity contribution in [1.29, 1.82) is 0 Å². The van der Waals surface area contributed by atoms with Gasteiger partial charge in [0.1, 0.15) is 0 Å². The van der Waals surface area contributed by atoms with Gasteiger partial charge in [-0.25, -0.2) is 0 Å². The maximum atomic E-state index is 11.7. The summed E-state index contributed by atoms with van der Waals surface area (Å²) in [6, 6.07) is 12.3. The standard InChI is InChI=1S/C18H21N3O/c1-13(20-12-14-3-2-10-19-11-14)15-6-8-17(9-7-15)21-18(22)16-4-5-16/h2-3,6-11,13,16,20H,4-5,12H2,1H3,(H,21,22)/t13-/m0/s1. The van der Waals surface area contributed by atoms with E-state index in [0.717, 1.165) is 25.1 Å². The van der Waals surface area contributed by atoms with Gasteiger partial charge in [0.05, 0.1) is 0 Å². The summed E-state index contributed by atoms with van der Waals surface area (Å²) in [7, 11) is 0. The van der Waals surface area contributed by atoms with Crippen molar-refractivity contribution in [2.45, 2.75) is 32.4 Å². The van der Waals surface area contributed by atoms with E-state index < -0.39 is 0 Å². The molecule has 0 bridgehead atoms. The zero-order valence-electron chi connectivity index (χ0n) is 12.8. The van der Waals surface area contributed by atoms with E-state index in [1.807, 2.05) is 24.4 Å². The van der Waals surface area contributed by atoms with Crippen LogP contribution >= 0.6 is 0 Å². The highest BCUT2D eigenvalue weighted by atomic mass is 16.2. The smallest absolute Gasteiger partial charge is 0.227 e. The van der Waals surface area contributed by atoms with Gasteiger partial charge in [0.15, 0.2) is 0 Å². The summed E-state index contributed by atoms with van der Waals surface area (Å²) in [5.41, 5.74) is 3.25. The maximum absolute atomic E-state index is 11.7. The van der Waals surface area contributed by atoms with E-state index in [9.17, 15) is 4.79 Å². The van der Waals surface area contributed by atoms with E-state index in [1.165, 1.54) is 11.1 Å². The number of hydrogen-bond acceptors (Lipinski definition) is 3. The molecule has 0 radical (unpaired) electrons. The van der Waals surface area contributed by atoms with Crippen molar-refractivity contribution >= 4 is 11.6 Å². The van der Waals surface area contributed by atoms with Crippen LogP contribution in [0.3, 0.4) is 0 Å².